The second kappa shape index (κ2) is 6.77. The van der Waals surface area contributed by atoms with Gasteiger partial charge in [-0.2, -0.15) is 0 Å². The molecule has 0 bridgehead atoms. The van der Waals surface area contributed by atoms with Crippen LogP contribution < -0.4 is 5.32 Å². The molecule has 1 aromatic rings. The Hall–Kier alpha value is -0.800. The summed E-state index contributed by atoms with van der Waals surface area (Å²) in [6, 6.07) is 5.40. The Morgan fingerprint density at radius 1 is 1.45 bits per heavy atom. The van der Waals surface area contributed by atoms with Crippen molar-refractivity contribution in [2.75, 3.05) is 13.1 Å². The zero-order valence-corrected chi connectivity index (χ0v) is 13.5. The summed E-state index contributed by atoms with van der Waals surface area (Å²) >= 11 is 0. The third kappa shape index (κ3) is 4.64. The van der Waals surface area contributed by atoms with Crippen LogP contribution in [0.1, 0.15) is 52.7 Å². The molecule has 0 radical (unpaired) electrons. The van der Waals surface area contributed by atoms with Gasteiger partial charge < -0.3 is 9.73 Å². The maximum atomic E-state index is 5.53. The number of hydrogen-bond acceptors (Lipinski definition) is 3. The van der Waals surface area contributed by atoms with Crippen molar-refractivity contribution in [3.8, 4) is 0 Å². The molecule has 3 heteroatoms. The smallest absolute Gasteiger partial charge is 0.117 e. The minimum Gasteiger partial charge on any atom is -0.468 e. The molecule has 0 saturated heterocycles. The molecule has 1 aliphatic carbocycles. The summed E-state index contributed by atoms with van der Waals surface area (Å²) in [7, 11) is 0. The van der Waals surface area contributed by atoms with E-state index >= 15 is 0 Å². The third-order valence-electron chi connectivity index (χ3n) is 4.38. The molecule has 1 aromatic heterocycles. The van der Waals surface area contributed by atoms with Crippen LogP contribution in [-0.4, -0.2) is 30.1 Å². The molecule has 3 nitrogen and oxygen atoms in total. The molecule has 114 valence electrons. The topological polar surface area (TPSA) is 28.4 Å². The Kier molecular flexibility index (Phi) is 5.28. The van der Waals surface area contributed by atoms with Crippen molar-refractivity contribution in [1.82, 2.24) is 10.2 Å². The van der Waals surface area contributed by atoms with E-state index in [9.17, 15) is 0 Å². The average molecular weight is 278 g/mol. The molecule has 1 saturated carbocycles. The highest BCUT2D eigenvalue weighted by Crippen LogP contribution is 2.32. The van der Waals surface area contributed by atoms with Gasteiger partial charge in [-0.05, 0) is 36.8 Å². The van der Waals surface area contributed by atoms with Crippen LogP contribution in [0.2, 0.25) is 0 Å². The summed E-state index contributed by atoms with van der Waals surface area (Å²) in [5.41, 5.74) is 0.333. The first-order chi connectivity index (χ1) is 9.52. The molecule has 0 amide bonds. The zero-order valence-electron chi connectivity index (χ0n) is 13.5. The van der Waals surface area contributed by atoms with Crippen LogP contribution in [0.3, 0.4) is 0 Å². The molecule has 0 spiro atoms. The molecule has 2 rings (SSSR count). The summed E-state index contributed by atoms with van der Waals surface area (Å²) in [5.74, 6) is 1.09. The largest absolute Gasteiger partial charge is 0.468 e. The maximum absolute atomic E-state index is 5.53. The summed E-state index contributed by atoms with van der Waals surface area (Å²) in [6.45, 7) is 12.3. The summed E-state index contributed by atoms with van der Waals surface area (Å²) in [6.07, 6.45) is 5.67. The fourth-order valence-electron chi connectivity index (χ4n) is 2.59. The molecule has 1 fully saturated rings. The van der Waals surface area contributed by atoms with E-state index in [1.165, 1.54) is 19.3 Å². The van der Waals surface area contributed by atoms with Crippen LogP contribution in [-0.2, 0) is 6.54 Å². The van der Waals surface area contributed by atoms with Gasteiger partial charge in [0.15, 0.2) is 0 Å². The van der Waals surface area contributed by atoms with Crippen LogP contribution in [0.25, 0.3) is 0 Å². The number of hydrogen-bond donors (Lipinski definition) is 1. The first kappa shape index (κ1) is 15.6. The van der Waals surface area contributed by atoms with Crippen LogP contribution in [0.5, 0.6) is 0 Å². The average Bonchev–Trinajstić information content (AvgIpc) is 3.15. The second-order valence-electron chi connectivity index (χ2n) is 6.92. The van der Waals surface area contributed by atoms with Gasteiger partial charge in [0.2, 0.25) is 0 Å². The van der Waals surface area contributed by atoms with Crippen molar-refractivity contribution in [1.29, 1.82) is 0 Å². The Balaban J connectivity index is 1.94. The van der Waals surface area contributed by atoms with E-state index < -0.39 is 0 Å². The zero-order chi connectivity index (χ0) is 14.6. The molecule has 0 aliphatic heterocycles. The molecule has 1 N–H and O–H groups in total. The highest BCUT2D eigenvalue weighted by Gasteiger charge is 2.34. The summed E-state index contributed by atoms with van der Waals surface area (Å²) in [4.78, 5) is 2.62. The molecule has 1 unspecified atom stereocenters. The van der Waals surface area contributed by atoms with E-state index in [1.54, 1.807) is 6.26 Å². The Bertz CT molecular complexity index is 384. The van der Waals surface area contributed by atoms with Crippen LogP contribution in [0.15, 0.2) is 22.8 Å². The fourth-order valence-corrected chi connectivity index (χ4v) is 2.59. The molecular formula is C17H30N2O. The lowest BCUT2D eigenvalue weighted by Gasteiger charge is -2.35. The van der Waals surface area contributed by atoms with E-state index in [-0.39, 0.29) is 0 Å². The van der Waals surface area contributed by atoms with Gasteiger partial charge in [-0.3, -0.25) is 4.90 Å². The number of rotatable bonds is 9. The molecule has 0 aromatic carbocycles. The van der Waals surface area contributed by atoms with Gasteiger partial charge in [0.05, 0.1) is 12.8 Å². The van der Waals surface area contributed by atoms with Crippen molar-refractivity contribution in [3.05, 3.63) is 24.2 Å². The molecule has 1 heterocycles. The lowest BCUT2D eigenvalue weighted by Crippen LogP contribution is -2.44. The first-order valence-corrected chi connectivity index (χ1v) is 8.02. The molecular weight excluding hydrogens is 248 g/mol. The van der Waals surface area contributed by atoms with E-state index in [0.717, 1.165) is 31.4 Å². The standard InChI is InChI=1S/C17H30N2O/c1-5-17(4,12-18-14(2)3)13-19(15-8-9-15)11-16-7-6-10-20-16/h6-7,10,14-15,18H,5,8-9,11-13H2,1-4H3. The summed E-state index contributed by atoms with van der Waals surface area (Å²) in [5, 5.41) is 3.61. The van der Waals surface area contributed by atoms with Gasteiger partial charge in [0.25, 0.3) is 0 Å². The SMILES string of the molecule is CCC(C)(CNC(C)C)CN(Cc1ccco1)C1CC1. The normalized spacial score (nSPS) is 18.7. The number of furan rings is 1. The van der Waals surface area contributed by atoms with Crippen molar-refractivity contribution < 1.29 is 4.42 Å². The summed E-state index contributed by atoms with van der Waals surface area (Å²) < 4.78 is 5.53. The van der Waals surface area contributed by atoms with Gasteiger partial charge in [-0.15, -0.1) is 0 Å². The van der Waals surface area contributed by atoms with Crippen molar-refractivity contribution in [2.45, 2.75) is 65.6 Å². The van der Waals surface area contributed by atoms with Gasteiger partial charge in [-0.25, -0.2) is 0 Å². The van der Waals surface area contributed by atoms with Gasteiger partial charge in [0.1, 0.15) is 5.76 Å². The predicted molar refractivity (Wildman–Crippen MR) is 83.7 cm³/mol. The number of nitrogens with zero attached hydrogens (tertiary/aromatic N) is 1. The minimum atomic E-state index is 0.333. The fraction of sp³-hybridized carbons (Fsp3) is 0.765. The van der Waals surface area contributed by atoms with E-state index in [1.807, 2.05) is 6.07 Å². The maximum Gasteiger partial charge on any atom is 0.117 e. The highest BCUT2D eigenvalue weighted by atomic mass is 16.3. The monoisotopic (exact) mass is 278 g/mol. The predicted octanol–water partition coefficient (Wildman–Crippen LogP) is 3.66. The van der Waals surface area contributed by atoms with E-state index in [2.05, 4.69) is 44.0 Å². The Labute approximate surface area is 123 Å². The minimum absolute atomic E-state index is 0.333. The molecule has 20 heavy (non-hydrogen) atoms. The van der Waals surface area contributed by atoms with E-state index in [4.69, 9.17) is 4.42 Å². The van der Waals surface area contributed by atoms with E-state index in [0.29, 0.717) is 11.5 Å². The lowest BCUT2D eigenvalue weighted by molar-refractivity contribution is 0.132. The van der Waals surface area contributed by atoms with Crippen molar-refractivity contribution in [2.24, 2.45) is 5.41 Å². The molecule has 1 atom stereocenters. The van der Waals surface area contributed by atoms with Crippen molar-refractivity contribution in [3.63, 3.8) is 0 Å². The first-order valence-electron chi connectivity index (χ1n) is 8.02. The van der Waals surface area contributed by atoms with Crippen LogP contribution in [0.4, 0.5) is 0 Å². The van der Waals surface area contributed by atoms with Gasteiger partial charge in [0, 0.05) is 25.2 Å². The molecule has 1 aliphatic rings. The van der Waals surface area contributed by atoms with Crippen LogP contribution >= 0.6 is 0 Å². The Morgan fingerprint density at radius 2 is 2.20 bits per heavy atom. The second-order valence-corrected chi connectivity index (χ2v) is 6.92. The van der Waals surface area contributed by atoms with Gasteiger partial charge in [-0.1, -0.05) is 27.7 Å². The Morgan fingerprint density at radius 3 is 2.70 bits per heavy atom. The third-order valence-corrected chi connectivity index (χ3v) is 4.38. The van der Waals surface area contributed by atoms with Crippen LogP contribution in [0, 0.1) is 5.41 Å². The lowest BCUT2D eigenvalue weighted by atomic mass is 9.86. The highest BCUT2D eigenvalue weighted by molar-refractivity contribution is 5.00. The van der Waals surface area contributed by atoms with Crippen molar-refractivity contribution >= 4 is 0 Å². The van der Waals surface area contributed by atoms with Gasteiger partial charge >= 0.3 is 0 Å². The number of nitrogens with one attached hydrogen (secondary N) is 1. The quantitative estimate of drug-likeness (QED) is 0.747.